The molecule has 2 unspecified atom stereocenters. The molecule has 2 rings (SSSR count). The van der Waals surface area contributed by atoms with Gasteiger partial charge in [0.05, 0.1) is 17.7 Å². The number of likely N-dealkylation sites (N-methyl/N-ethyl adjacent to an activating group) is 1. The lowest BCUT2D eigenvalue weighted by molar-refractivity contribution is -0.130. The average molecular weight is 344 g/mol. The van der Waals surface area contributed by atoms with Gasteiger partial charge in [-0.1, -0.05) is 35.5 Å². The molecular weight excluding hydrogens is 320 g/mol. The molecule has 0 fully saturated rings. The number of hydrogen-bond donors (Lipinski definition) is 2. The molecule has 0 aliphatic heterocycles. The summed E-state index contributed by atoms with van der Waals surface area (Å²) in [6.07, 6.45) is 0. The van der Waals surface area contributed by atoms with Crippen LogP contribution in [0, 0.1) is 6.92 Å². The van der Waals surface area contributed by atoms with Crippen LogP contribution < -0.4 is 10.6 Å². The highest BCUT2D eigenvalue weighted by Gasteiger charge is 2.24. The number of nitrogens with one attached hydrogen (secondary N) is 2. The summed E-state index contributed by atoms with van der Waals surface area (Å²) in [5, 5.41) is 9.50. The molecule has 7 heteroatoms. The molecule has 2 aromatic rings. The van der Waals surface area contributed by atoms with Gasteiger partial charge in [0.1, 0.15) is 0 Å². The van der Waals surface area contributed by atoms with Crippen molar-refractivity contribution in [3.05, 3.63) is 47.7 Å². The zero-order chi connectivity index (χ0) is 18.4. The third-order valence-electron chi connectivity index (χ3n) is 3.84. The van der Waals surface area contributed by atoms with Gasteiger partial charge in [0, 0.05) is 26.7 Å². The number of hydrogen-bond acceptors (Lipinski definition) is 5. The number of aromatic nitrogens is 1. The molecule has 0 aliphatic rings. The van der Waals surface area contributed by atoms with Gasteiger partial charge in [-0.05, 0) is 19.4 Å². The van der Waals surface area contributed by atoms with E-state index in [4.69, 9.17) is 4.52 Å². The van der Waals surface area contributed by atoms with Crippen molar-refractivity contribution in [2.45, 2.75) is 25.8 Å². The second-order valence-electron chi connectivity index (χ2n) is 6.15. The molecule has 25 heavy (non-hydrogen) atoms. The fourth-order valence-electron chi connectivity index (χ4n) is 2.38. The molecule has 1 heterocycles. The van der Waals surface area contributed by atoms with Gasteiger partial charge < -0.3 is 14.7 Å². The van der Waals surface area contributed by atoms with E-state index in [1.54, 1.807) is 38.9 Å². The van der Waals surface area contributed by atoms with Crippen molar-refractivity contribution < 1.29 is 14.1 Å². The molecule has 1 aromatic carbocycles. The maximum absolute atomic E-state index is 12.5. The summed E-state index contributed by atoms with van der Waals surface area (Å²) < 4.78 is 4.98. The lowest BCUT2D eigenvalue weighted by Crippen LogP contribution is -2.42. The van der Waals surface area contributed by atoms with Crippen molar-refractivity contribution in [3.8, 4) is 0 Å². The predicted molar refractivity (Wildman–Crippen MR) is 95.2 cm³/mol. The van der Waals surface area contributed by atoms with E-state index in [0.717, 1.165) is 5.56 Å². The summed E-state index contributed by atoms with van der Waals surface area (Å²) in [5.74, 6) is -0.323. The van der Waals surface area contributed by atoms with Crippen molar-refractivity contribution in [1.82, 2.24) is 15.4 Å². The first-order valence-corrected chi connectivity index (χ1v) is 8.12. The molecule has 0 saturated carbocycles. The zero-order valence-corrected chi connectivity index (χ0v) is 14.9. The maximum Gasteiger partial charge on any atom is 0.243 e. The van der Waals surface area contributed by atoms with Gasteiger partial charge in [-0.15, -0.1) is 0 Å². The number of nitrogens with zero attached hydrogens (tertiary/aromatic N) is 2. The van der Waals surface area contributed by atoms with E-state index in [1.807, 2.05) is 30.3 Å². The van der Waals surface area contributed by atoms with Crippen molar-refractivity contribution >= 4 is 17.7 Å². The summed E-state index contributed by atoms with van der Waals surface area (Å²) in [7, 11) is 3.45. The van der Waals surface area contributed by atoms with Gasteiger partial charge in [0.2, 0.25) is 17.7 Å². The number of rotatable bonds is 7. The van der Waals surface area contributed by atoms with Crippen LogP contribution in [0.2, 0.25) is 0 Å². The summed E-state index contributed by atoms with van der Waals surface area (Å²) in [4.78, 5) is 26.3. The minimum absolute atomic E-state index is 0.0165. The van der Waals surface area contributed by atoms with E-state index in [1.165, 1.54) is 0 Å². The van der Waals surface area contributed by atoms with E-state index >= 15 is 0 Å². The Balaban J connectivity index is 1.99. The molecule has 2 amide bonds. The third kappa shape index (κ3) is 5.15. The standard InChI is InChI=1S/C18H24N4O3/c1-12-10-16(25-21-12)20-17(23)13(2)19-11-15(18(24)22(3)4)14-8-6-5-7-9-14/h5-10,13,15,19H,11H2,1-4H3,(H,20,23). The first-order chi connectivity index (χ1) is 11.9. The van der Waals surface area contributed by atoms with Gasteiger partial charge >= 0.3 is 0 Å². The lowest BCUT2D eigenvalue weighted by Gasteiger charge is -2.23. The van der Waals surface area contributed by atoms with E-state index < -0.39 is 6.04 Å². The van der Waals surface area contributed by atoms with Gasteiger partial charge in [0.25, 0.3) is 0 Å². The highest BCUT2D eigenvalue weighted by atomic mass is 16.5. The molecule has 0 aliphatic carbocycles. The van der Waals surface area contributed by atoms with E-state index in [2.05, 4.69) is 15.8 Å². The monoisotopic (exact) mass is 344 g/mol. The number of carbonyl (C=O) groups excluding carboxylic acids is 2. The minimum atomic E-state index is -0.494. The van der Waals surface area contributed by atoms with Crippen LogP contribution in [0.25, 0.3) is 0 Å². The number of anilines is 1. The van der Waals surface area contributed by atoms with Gasteiger partial charge in [-0.25, -0.2) is 0 Å². The van der Waals surface area contributed by atoms with Crippen LogP contribution in [0.15, 0.2) is 40.9 Å². The van der Waals surface area contributed by atoms with E-state index in [-0.39, 0.29) is 17.7 Å². The molecule has 134 valence electrons. The van der Waals surface area contributed by atoms with Crippen LogP contribution in [-0.2, 0) is 9.59 Å². The van der Waals surface area contributed by atoms with Crippen LogP contribution >= 0.6 is 0 Å². The Kier molecular flexibility index (Phi) is 6.30. The van der Waals surface area contributed by atoms with Crippen molar-refractivity contribution in [3.63, 3.8) is 0 Å². The molecule has 1 aromatic heterocycles. The summed E-state index contributed by atoms with van der Waals surface area (Å²) in [6.45, 7) is 3.87. The Morgan fingerprint density at radius 1 is 1.24 bits per heavy atom. The maximum atomic E-state index is 12.5. The first kappa shape index (κ1) is 18.7. The number of aryl methyl sites for hydroxylation is 1. The Hall–Kier alpha value is -2.67. The van der Waals surface area contributed by atoms with E-state index in [0.29, 0.717) is 18.1 Å². The van der Waals surface area contributed by atoms with Crippen molar-refractivity contribution in [2.75, 3.05) is 26.0 Å². The first-order valence-electron chi connectivity index (χ1n) is 8.12. The summed E-state index contributed by atoms with van der Waals surface area (Å²) in [5.41, 5.74) is 1.60. The molecular formula is C18H24N4O3. The normalized spacial score (nSPS) is 13.1. The number of carbonyl (C=O) groups is 2. The van der Waals surface area contributed by atoms with Crippen LogP contribution in [-0.4, -0.2) is 48.6 Å². The van der Waals surface area contributed by atoms with Crippen molar-refractivity contribution in [2.24, 2.45) is 0 Å². The van der Waals surface area contributed by atoms with Gasteiger partial charge in [0.15, 0.2) is 0 Å². The SMILES string of the molecule is Cc1cc(NC(=O)C(C)NCC(C(=O)N(C)C)c2ccccc2)on1. The predicted octanol–water partition coefficient (Wildman–Crippen LogP) is 1.77. The molecule has 0 radical (unpaired) electrons. The minimum Gasteiger partial charge on any atom is -0.348 e. The van der Waals surface area contributed by atoms with Gasteiger partial charge in [-0.2, -0.15) is 0 Å². The Bertz CT molecular complexity index is 712. The highest BCUT2D eigenvalue weighted by molar-refractivity contribution is 5.93. The van der Waals surface area contributed by atoms with Crippen LogP contribution in [0.1, 0.15) is 24.1 Å². The quantitative estimate of drug-likeness (QED) is 0.799. The van der Waals surface area contributed by atoms with Crippen molar-refractivity contribution in [1.29, 1.82) is 0 Å². The van der Waals surface area contributed by atoms with Gasteiger partial charge in [-0.3, -0.25) is 14.9 Å². The fourth-order valence-corrected chi connectivity index (χ4v) is 2.38. The Labute approximate surface area is 147 Å². The van der Waals surface area contributed by atoms with Crippen LogP contribution in [0.3, 0.4) is 0 Å². The smallest absolute Gasteiger partial charge is 0.243 e. The topological polar surface area (TPSA) is 87.5 Å². The fraction of sp³-hybridized carbons (Fsp3) is 0.389. The molecule has 2 atom stereocenters. The molecule has 7 nitrogen and oxygen atoms in total. The Morgan fingerprint density at radius 3 is 2.48 bits per heavy atom. The number of benzene rings is 1. The lowest BCUT2D eigenvalue weighted by atomic mass is 9.97. The number of amides is 2. The second-order valence-corrected chi connectivity index (χ2v) is 6.15. The molecule has 0 bridgehead atoms. The Morgan fingerprint density at radius 2 is 1.92 bits per heavy atom. The third-order valence-corrected chi connectivity index (χ3v) is 3.84. The summed E-state index contributed by atoms with van der Waals surface area (Å²) in [6, 6.07) is 10.7. The highest BCUT2D eigenvalue weighted by Crippen LogP contribution is 2.17. The molecule has 0 saturated heterocycles. The molecule has 2 N–H and O–H groups in total. The average Bonchev–Trinajstić information content (AvgIpc) is 3.00. The summed E-state index contributed by atoms with van der Waals surface area (Å²) >= 11 is 0. The van der Waals surface area contributed by atoms with Crippen LogP contribution in [0.5, 0.6) is 0 Å². The second kappa shape index (κ2) is 8.43. The largest absolute Gasteiger partial charge is 0.348 e. The zero-order valence-electron chi connectivity index (χ0n) is 14.9. The van der Waals surface area contributed by atoms with E-state index in [9.17, 15) is 9.59 Å². The van der Waals surface area contributed by atoms with Crippen LogP contribution in [0.4, 0.5) is 5.88 Å². The molecule has 0 spiro atoms.